The Kier molecular flexibility index (Phi) is 4.14. The molecule has 0 saturated heterocycles. The Morgan fingerprint density at radius 2 is 2.00 bits per heavy atom. The van der Waals surface area contributed by atoms with Crippen molar-refractivity contribution in [3.05, 3.63) is 12.7 Å². The van der Waals surface area contributed by atoms with Crippen LogP contribution in [0.2, 0.25) is 0 Å². The van der Waals surface area contributed by atoms with Crippen molar-refractivity contribution in [1.82, 2.24) is 5.43 Å². The van der Waals surface area contributed by atoms with Crippen LogP contribution >= 0.6 is 0 Å². The van der Waals surface area contributed by atoms with Crippen molar-refractivity contribution in [3.8, 4) is 0 Å². The van der Waals surface area contributed by atoms with Gasteiger partial charge in [0.25, 0.3) is 0 Å². The van der Waals surface area contributed by atoms with E-state index in [0.29, 0.717) is 0 Å². The summed E-state index contributed by atoms with van der Waals surface area (Å²) in [7, 11) is 4.55. The minimum atomic E-state index is 0.767. The van der Waals surface area contributed by atoms with Crippen LogP contribution in [0, 0.1) is 5.92 Å². The summed E-state index contributed by atoms with van der Waals surface area (Å²) in [6, 6.07) is 0.767. The largest absolute Gasteiger partial charge is 0.248 e. The summed E-state index contributed by atoms with van der Waals surface area (Å²) in [5.74, 6) is 0.844. The van der Waals surface area contributed by atoms with Gasteiger partial charge in [-0.1, -0.05) is 19.4 Å². The van der Waals surface area contributed by atoms with Gasteiger partial charge in [0.05, 0.1) is 20.6 Å². The van der Waals surface area contributed by atoms with Gasteiger partial charge < -0.3 is 0 Å². The minimum absolute atomic E-state index is 0.767. The van der Waals surface area contributed by atoms with E-state index < -0.39 is 0 Å². The van der Waals surface area contributed by atoms with E-state index in [-0.39, 0.29) is 0 Å². The molecule has 1 saturated carbocycles. The minimum Gasteiger partial charge on any atom is -0.248 e. The van der Waals surface area contributed by atoms with Gasteiger partial charge in [-0.25, -0.2) is 4.59 Å². The van der Waals surface area contributed by atoms with Gasteiger partial charge in [-0.15, -0.1) is 6.58 Å². The van der Waals surface area contributed by atoms with E-state index >= 15 is 0 Å². The van der Waals surface area contributed by atoms with Gasteiger partial charge >= 0.3 is 0 Å². The second kappa shape index (κ2) is 4.94. The van der Waals surface area contributed by atoms with Crippen LogP contribution in [0.3, 0.4) is 0 Å². The molecule has 0 bridgehead atoms. The summed E-state index contributed by atoms with van der Waals surface area (Å²) < 4.78 is 0.938. The molecule has 1 rings (SSSR count). The van der Waals surface area contributed by atoms with Gasteiger partial charge in [0, 0.05) is 12.3 Å². The van der Waals surface area contributed by atoms with Crippen molar-refractivity contribution in [2.45, 2.75) is 38.6 Å². The molecule has 0 aromatic rings. The predicted octanol–water partition coefficient (Wildman–Crippen LogP) is 2.33. The molecular formula is C12H25N2+. The molecule has 2 unspecified atom stereocenters. The van der Waals surface area contributed by atoms with Crippen LogP contribution in [0.25, 0.3) is 0 Å². The lowest BCUT2D eigenvalue weighted by molar-refractivity contribution is -0.961. The first kappa shape index (κ1) is 11.7. The van der Waals surface area contributed by atoms with Crippen molar-refractivity contribution in [2.24, 2.45) is 5.92 Å². The number of hydrogen-bond donors (Lipinski definition) is 1. The van der Waals surface area contributed by atoms with Gasteiger partial charge in [0.1, 0.15) is 6.04 Å². The van der Waals surface area contributed by atoms with Crippen LogP contribution in [0.15, 0.2) is 12.7 Å². The highest BCUT2D eigenvalue weighted by atomic mass is 15.6. The first-order valence-electron chi connectivity index (χ1n) is 5.77. The maximum absolute atomic E-state index is 3.76. The fourth-order valence-corrected chi connectivity index (χ4v) is 2.67. The molecule has 0 aromatic heterocycles. The summed E-state index contributed by atoms with van der Waals surface area (Å²) in [6.07, 6.45) is 7.50. The topological polar surface area (TPSA) is 12.0 Å². The maximum atomic E-state index is 3.76. The van der Waals surface area contributed by atoms with E-state index in [4.69, 9.17) is 0 Å². The Balaban J connectivity index is 2.54. The normalized spacial score (nSPS) is 28.8. The lowest BCUT2D eigenvalue weighted by Gasteiger charge is -2.42. The van der Waals surface area contributed by atoms with Crippen molar-refractivity contribution in [3.63, 3.8) is 0 Å². The lowest BCUT2D eigenvalue weighted by Crippen LogP contribution is -2.61. The molecule has 0 spiro atoms. The molecule has 0 radical (unpaired) electrons. The predicted molar refractivity (Wildman–Crippen MR) is 61.7 cm³/mol. The fraction of sp³-hybridized carbons (Fsp3) is 0.833. The highest BCUT2D eigenvalue weighted by molar-refractivity contribution is 4.73. The number of hydrogen-bond acceptors (Lipinski definition) is 1. The molecule has 0 aromatic carbocycles. The number of rotatable bonds is 4. The Morgan fingerprint density at radius 3 is 2.57 bits per heavy atom. The summed E-state index contributed by atoms with van der Waals surface area (Å²) in [4.78, 5) is 0. The smallest absolute Gasteiger partial charge is 0.109 e. The monoisotopic (exact) mass is 197 g/mol. The van der Waals surface area contributed by atoms with Crippen molar-refractivity contribution in [1.29, 1.82) is 0 Å². The first-order chi connectivity index (χ1) is 6.58. The zero-order valence-corrected chi connectivity index (χ0v) is 9.92. The molecule has 1 fully saturated rings. The number of nitrogens with one attached hydrogen (secondary N) is 1. The summed E-state index contributed by atoms with van der Waals surface area (Å²) in [5.41, 5.74) is 3.53. The van der Waals surface area contributed by atoms with Gasteiger partial charge in [-0.3, -0.25) is 0 Å². The molecule has 2 heteroatoms. The van der Waals surface area contributed by atoms with E-state index in [1.54, 1.807) is 0 Å². The lowest BCUT2D eigenvalue weighted by atomic mass is 9.85. The Hall–Kier alpha value is -0.340. The average molecular weight is 197 g/mol. The van der Waals surface area contributed by atoms with E-state index in [9.17, 15) is 0 Å². The quantitative estimate of drug-likeness (QED) is 0.414. The van der Waals surface area contributed by atoms with E-state index in [0.717, 1.165) is 23.1 Å². The Morgan fingerprint density at radius 1 is 1.36 bits per heavy atom. The second-order valence-electron chi connectivity index (χ2n) is 5.02. The van der Waals surface area contributed by atoms with Gasteiger partial charge in [-0.2, -0.15) is 5.43 Å². The zero-order valence-electron chi connectivity index (χ0n) is 9.92. The van der Waals surface area contributed by atoms with Gasteiger partial charge in [0.2, 0.25) is 0 Å². The van der Waals surface area contributed by atoms with Crippen molar-refractivity contribution in [2.75, 3.05) is 20.6 Å². The van der Waals surface area contributed by atoms with Crippen molar-refractivity contribution < 1.29 is 4.59 Å². The van der Waals surface area contributed by atoms with E-state index in [1.165, 1.54) is 25.7 Å². The van der Waals surface area contributed by atoms with E-state index in [2.05, 4.69) is 33.0 Å². The molecule has 0 amide bonds. The average Bonchev–Trinajstić information content (AvgIpc) is 2.15. The molecule has 2 nitrogen and oxygen atoms in total. The fourth-order valence-electron chi connectivity index (χ4n) is 2.67. The molecule has 0 heterocycles. The van der Waals surface area contributed by atoms with Crippen LogP contribution in [-0.2, 0) is 0 Å². The third-order valence-corrected chi connectivity index (χ3v) is 3.54. The van der Waals surface area contributed by atoms with Crippen LogP contribution < -0.4 is 5.43 Å². The third kappa shape index (κ3) is 2.82. The summed E-state index contributed by atoms with van der Waals surface area (Å²) in [5, 5.41) is 0. The molecule has 0 aliphatic heterocycles. The molecule has 1 aliphatic rings. The highest BCUT2D eigenvalue weighted by Gasteiger charge is 2.34. The SMILES string of the molecule is C=CCN[N+](C)(C)C1CCCCC1C. The maximum Gasteiger partial charge on any atom is 0.109 e. The second-order valence-corrected chi connectivity index (χ2v) is 5.02. The number of quaternary nitrogens is 1. The van der Waals surface area contributed by atoms with Crippen LogP contribution in [0.1, 0.15) is 32.6 Å². The summed E-state index contributed by atoms with van der Waals surface area (Å²) in [6.45, 7) is 7.04. The molecular weight excluding hydrogens is 172 g/mol. The molecule has 2 atom stereocenters. The third-order valence-electron chi connectivity index (χ3n) is 3.54. The van der Waals surface area contributed by atoms with Crippen molar-refractivity contribution >= 4 is 0 Å². The number of nitrogens with zero attached hydrogens (tertiary/aromatic N) is 1. The van der Waals surface area contributed by atoms with Gasteiger partial charge in [0.15, 0.2) is 0 Å². The van der Waals surface area contributed by atoms with Crippen LogP contribution in [-0.4, -0.2) is 31.3 Å². The molecule has 82 valence electrons. The highest BCUT2D eigenvalue weighted by Crippen LogP contribution is 2.29. The Labute approximate surface area is 88.5 Å². The molecule has 1 N–H and O–H groups in total. The van der Waals surface area contributed by atoms with Crippen LogP contribution in [0.4, 0.5) is 0 Å². The zero-order chi connectivity index (χ0) is 10.6. The standard InChI is InChI=1S/C12H25N2/c1-5-10-13-14(3,4)12-9-7-6-8-11(12)2/h5,11-13H,1,6-10H2,2-4H3/q+1. The molecule has 1 aliphatic carbocycles. The summed E-state index contributed by atoms with van der Waals surface area (Å²) >= 11 is 0. The van der Waals surface area contributed by atoms with E-state index in [1.807, 2.05) is 6.08 Å². The first-order valence-corrected chi connectivity index (χ1v) is 5.77. The van der Waals surface area contributed by atoms with Crippen LogP contribution in [0.5, 0.6) is 0 Å². The Bertz CT molecular complexity index is 187. The van der Waals surface area contributed by atoms with Gasteiger partial charge in [-0.05, 0) is 12.8 Å². The molecule has 14 heavy (non-hydrogen) atoms.